The van der Waals surface area contributed by atoms with Crippen molar-refractivity contribution in [2.75, 3.05) is 0 Å². The van der Waals surface area contributed by atoms with Gasteiger partial charge in [0.15, 0.2) is 0 Å². The molecule has 0 saturated carbocycles. The number of carbonyl (C=O) groups is 1. The van der Waals surface area contributed by atoms with Crippen molar-refractivity contribution in [3.8, 4) is 0 Å². The van der Waals surface area contributed by atoms with Crippen molar-refractivity contribution >= 4 is 5.97 Å². The van der Waals surface area contributed by atoms with Gasteiger partial charge in [-0.3, -0.25) is 4.79 Å². The minimum atomic E-state index is -0.0125. The highest BCUT2D eigenvalue weighted by molar-refractivity contribution is 5.72. The molecule has 0 aliphatic carbocycles. The Bertz CT molecular complexity index is 185. The molecule has 0 heterocycles. The van der Waals surface area contributed by atoms with Gasteiger partial charge in [-0.1, -0.05) is 46.5 Å². The lowest BCUT2D eigenvalue weighted by Crippen LogP contribution is -2.25. The van der Waals surface area contributed by atoms with Crippen LogP contribution < -0.4 is 0 Å². The van der Waals surface area contributed by atoms with E-state index < -0.39 is 0 Å². The maximum absolute atomic E-state index is 11.8. The van der Waals surface area contributed by atoms with Crippen LogP contribution in [0.2, 0.25) is 0 Å². The Morgan fingerprint density at radius 2 is 1.69 bits per heavy atom. The highest BCUT2D eigenvalue weighted by atomic mass is 16.5. The Morgan fingerprint density at radius 1 is 1.06 bits per heavy atom. The molecule has 96 valence electrons. The maximum Gasteiger partial charge on any atom is 0.309 e. The molecule has 0 N–H and O–H groups in total. The molecule has 0 amide bonds. The van der Waals surface area contributed by atoms with Gasteiger partial charge in [0.25, 0.3) is 0 Å². The van der Waals surface area contributed by atoms with Gasteiger partial charge in [0, 0.05) is 0 Å². The van der Waals surface area contributed by atoms with Crippen molar-refractivity contribution in [2.24, 2.45) is 11.8 Å². The van der Waals surface area contributed by atoms with Crippen LogP contribution in [0.15, 0.2) is 0 Å². The topological polar surface area (TPSA) is 26.3 Å². The fourth-order valence-electron chi connectivity index (χ4n) is 1.83. The SMILES string of the molecule is CCCCCCC(C(=O)OC(C)C)C(C)C. The largest absolute Gasteiger partial charge is 0.463 e. The molecular formula is C14H28O2. The number of hydrogen-bond acceptors (Lipinski definition) is 2. The molecule has 0 bridgehead atoms. The zero-order valence-electron chi connectivity index (χ0n) is 11.6. The summed E-state index contributed by atoms with van der Waals surface area (Å²) >= 11 is 0. The normalized spacial score (nSPS) is 13.2. The number of unbranched alkanes of at least 4 members (excludes halogenated alkanes) is 3. The second kappa shape index (κ2) is 8.60. The smallest absolute Gasteiger partial charge is 0.309 e. The Hall–Kier alpha value is -0.530. The van der Waals surface area contributed by atoms with E-state index in [1.54, 1.807) is 0 Å². The first kappa shape index (κ1) is 15.5. The first-order valence-electron chi connectivity index (χ1n) is 6.69. The third-order valence-corrected chi connectivity index (χ3v) is 2.83. The molecule has 0 rings (SSSR count). The zero-order chi connectivity index (χ0) is 12.6. The Labute approximate surface area is 101 Å². The van der Waals surface area contributed by atoms with E-state index in [9.17, 15) is 4.79 Å². The molecule has 1 atom stereocenters. The van der Waals surface area contributed by atoms with E-state index in [-0.39, 0.29) is 18.0 Å². The molecule has 1 unspecified atom stereocenters. The lowest BCUT2D eigenvalue weighted by Gasteiger charge is -2.20. The standard InChI is InChI=1S/C14H28O2/c1-6-7-8-9-10-13(11(2)3)14(15)16-12(4)5/h11-13H,6-10H2,1-5H3. The second-order valence-electron chi connectivity index (χ2n) is 5.19. The summed E-state index contributed by atoms with van der Waals surface area (Å²) < 4.78 is 5.29. The monoisotopic (exact) mass is 228 g/mol. The minimum Gasteiger partial charge on any atom is -0.463 e. The van der Waals surface area contributed by atoms with Crippen molar-refractivity contribution in [1.29, 1.82) is 0 Å². The van der Waals surface area contributed by atoms with E-state index in [2.05, 4.69) is 20.8 Å². The summed E-state index contributed by atoms with van der Waals surface area (Å²) in [6.07, 6.45) is 5.86. The van der Waals surface area contributed by atoms with Crippen LogP contribution in [0.1, 0.15) is 66.7 Å². The van der Waals surface area contributed by atoms with Crippen LogP contribution in [-0.4, -0.2) is 12.1 Å². The van der Waals surface area contributed by atoms with Crippen molar-refractivity contribution < 1.29 is 9.53 Å². The number of hydrogen-bond donors (Lipinski definition) is 0. The molecule has 0 saturated heterocycles. The van der Waals surface area contributed by atoms with E-state index >= 15 is 0 Å². The summed E-state index contributed by atoms with van der Waals surface area (Å²) in [4.78, 5) is 11.8. The fraction of sp³-hybridized carbons (Fsp3) is 0.929. The van der Waals surface area contributed by atoms with Crippen molar-refractivity contribution in [2.45, 2.75) is 72.8 Å². The zero-order valence-corrected chi connectivity index (χ0v) is 11.6. The lowest BCUT2D eigenvalue weighted by atomic mass is 9.90. The summed E-state index contributed by atoms with van der Waals surface area (Å²) in [5, 5.41) is 0. The van der Waals surface area contributed by atoms with E-state index in [0.29, 0.717) is 5.92 Å². The van der Waals surface area contributed by atoms with Gasteiger partial charge in [-0.05, 0) is 26.2 Å². The van der Waals surface area contributed by atoms with E-state index in [1.807, 2.05) is 13.8 Å². The van der Waals surface area contributed by atoms with Gasteiger partial charge in [0.05, 0.1) is 12.0 Å². The minimum absolute atomic E-state index is 0.00407. The average Bonchev–Trinajstić information content (AvgIpc) is 2.15. The molecule has 0 spiro atoms. The third-order valence-electron chi connectivity index (χ3n) is 2.83. The molecule has 0 aromatic carbocycles. The molecule has 16 heavy (non-hydrogen) atoms. The molecule has 0 aromatic heterocycles. The lowest BCUT2D eigenvalue weighted by molar-refractivity contribution is -0.154. The molecule has 0 fully saturated rings. The van der Waals surface area contributed by atoms with Crippen LogP contribution in [-0.2, 0) is 9.53 Å². The number of ether oxygens (including phenoxy) is 1. The molecule has 0 radical (unpaired) electrons. The van der Waals surface area contributed by atoms with E-state index in [4.69, 9.17) is 4.74 Å². The van der Waals surface area contributed by atoms with Gasteiger partial charge in [-0.2, -0.15) is 0 Å². The summed E-state index contributed by atoms with van der Waals surface area (Å²) in [5.74, 6) is 0.452. The van der Waals surface area contributed by atoms with Gasteiger partial charge >= 0.3 is 5.97 Å². The van der Waals surface area contributed by atoms with E-state index in [0.717, 1.165) is 12.8 Å². The number of carbonyl (C=O) groups excluding carboxylic acids is 1. The Morgan fingerprint density at radius 3 is 2.12 bits per heavy atom. The van der Waals surface area contributed by atoms with Gasteiger partial charge in [0.1, 0.15) is 0 Å². The molecule has 2 heteroatoms. The highest BCUT2D eigenvalue weighted by Crippen LogP contribution is 2.21. The van der Waals surface area contributed by atoms with Gasteiger partial charge in [-0.25, -0.2) is 0 Å². The summed E-state index contributed by atoms with van der Waals surface area (Å²) in [5.41, 5.74) is 0. The summed E-state index contributed by atoms with van der Waals surface area (Å²) in [7, 11) is 0. The average molecular weight is 228 g/mol. The first-order valence-corrected chi connectivity index (χ1v) is 6.69. The number of esters is 1. The highest BCUT2D eigenvalue weighted by Gasteiger charge is 2.23. The van der Waals surface area contributed by atoms with Crippen molar-refractivity contribution in [3.63, 3.8) is 0 Å². The van der Waals surface area contributed by atoms with Crippen LogP contribution in [0, 0.1) is 11.8 Å². The summed E-state index contributed by atoms with van der Waals surface area (Å²) in [6, 6.07) is 0. The predicted octanol–water partition coefficient (Wildman–Crippen LogP) is 4.18. The molecule has 0 aromatic rings. The van der Waals surface area contributed by atoms with Crippen molar-refractivity contribution in [1.82, 2.24) is 0 Å². The summed E-state index contributed by atoms with van der Waals surface area (Å²) in [6.45, 7) is 10.2. The quantitative estimate of drug-likeness (QED) is 0.460. The first-order chi connectivity index (χ1) is 7.49. The van der Waals surface area contributed by atoms with Crippen LogP contribution in [0.5, 0.6) is 0 Å². The molecule has 2 nitrogen and oxygen atoms in total. The molecule has 0 aliphatic heterocycles. The van der Waals surface area contributed by atoms with E-state index in [1.165, 1.54) is 19.3 Å². The van der Waals surface area contributed by atoms with Crippen LogP contribution in [0.3, 0.4) is 0 Å². The fourth-order valence-corrected chi connectivity index (χ4v) is 1.83. The van der Waals surface area contributed by atoms with Gasteiger partial charge in [0.2, 0.25) is 0 Å². The van der Waals surface area contributed by atoms with Gasteiger partial charge in [-0.15, -0.1) is 0 Å². The third kappa shape index (κ3) is 6.86. The van der Waals surface area contributed by atoms with Crippen LogP contribution in [0.25, 0.3) is 0 Å². The predicted molar refractivity (Wildman–Crippen MR) is 68.3 cm³/mol. The van der Waals surface area contributed by atoms with Crippen LogP contribution in [0.4, 0.5) is 0 Å². The van der Waals surface area contributed by atoms with Gasteiger partial charge < -0.3 is 4.74 Å². The second-order valence-corrected chi connectivity index (χ2v) is 5.19. The Balaban J connectivity index is 4.01. The number of rotatable bonds is 8. The molecular weight excluding hydrogens is 200 g/mol. The van der Waals surface area contributed by atoms with Crippen molar-refractivity contribution in [3.05, 3.63) is 0 Å². The van der Waals surface area contributed by atoms with Crippen LogP contribution >= 0.6 is 0 Å². The Kier molecular flexibility index (Phi) is 8.32. The maximum atomic E-state index is 11.8. The molecule has 0 aliphatic rings.